The molecule has 3 rings (SSSR count). The van der Waals surface area contributed by atoms with Crippen LogP contribution in [0.15, 0.2) is 23.2 Å². The van der Waals surface area contributed by atoms with Gasteiger partial charge in [0.1, 0.15) is 10.8 Å². The summed E-state index contributed by atoms with van der Waals surface area (Å²) in [6.45, 7) is 6.63. The second kappa shape index (κ2) is 8.80. The highest BCUT2D eigenvalue weighted by Gasteiger charge is 2.25. The number of guanidine groups is 1. The van der Waals surface area contributed by atoms with Crippen LogP contribution >= 0.6 is 22.9 Å². The number of aromatic nitrogens is 1. The Bertz CT molecular complexity index is 803. The molecule has 1 aliphatic rings. The van der Waals surface area contributed by atoms with Gasteiger partial charge in [0.15, 0.2) is 5.96 Å². The molecule has 2 heterocycles. The van der Waals surface area contributed by atoms with Gasteiger partial charge in [0, 0.05) is 36.1 Å². The summed E-state index contributed by atoms with van der Waals surface area (Å²) in [5, 5.41) is 8.66. The lowest BCUT2D eigenvalue weighted by molar-refractivity contribution is 0.415. The zero-order valence-corrected chi connectivity index (χ0v) is 17.7. The second-order valence-electron chi connectivity index (χ2n) is 6.57. The lowest BCUT2D eigenvalue weighted by Crippen LogP contribution is -2.44. The first kappa shape index (κ1) is 19.8. The predicted molar refractivity (Wildman–Crippen MR) is 114 cm³/mol. The molecule has 0 bridgehead atoms. The van der Waals surface area contributed by atoms with Crippen molar-refractivity contribution in [1.29, 1.82) is 0 Å². The number of hydrogen-bond acceptors (Lipinski definition) is 5. The van der Waals surface area contributed by atoms with E-state index in [9.17, 15) is 0 Å². The Morgan fingerprint density at radius 3 is 2.93 bits per heavy atom. The van der Waals surface area contributed by atoms with Crippen LogP contribution in [0, 0.1) is 13.8 Å². The molecule has 27 heavy (non-hydrogen) atoms. The average Bonchev–Trinajstić information content (AvgIpc) is 3.25. The van der Waals surface area contributed by atoms with E-state index in [-0.39, 0.29) is 0 Å². The summed E-state index contributed by atoms with van der Waals surface area (Å²) in [4.78, 5) is 12.5. The van der Waals surface area contributed by atoms with Gasteiger partial charge in [-0.15, -0.1) is 11.3 Å². The van der Waals surface area contributed by atoms with E-state index >= 15 is 0 Å². The summed E-state index contributed by atoms with van der Waals surface area (Å²) >= 11 is 7.90. The Kier molecular flexibility index (Phi) is 6.44. The Morgan fingerprint density at radius 2 is 2.26 bits per heavy atom. The fraction of sp³-hybridized carbons (Fsp3) is 0.474. The van der Waals surface area contributed by atoms with E-state index in [1.807, 2.05) is 25.1 Å². The Morgan fingerprint density at radius 1 is 1.44 bits per heavy atom. The third-order valence-electron chi connectivity index (χ3n) is 4.71. The molecular weight excluding hydrogens is 382 g/mol. The number of nitrogens with zero attached hydrogens (tertiary/aromatic N) is 3. The number of halogens is 1. The zero-order valence-electron chi connectivity index (χ0n) is 16.2. The molecule has 2 aromatic rings. The van der Waals surface area contributed by atoms with Crippen LogP contribution < -0.4 is 20.3 Å². The Labute approximate surface area is 169 Å². The maximum Gasteiger partial charge on any atom is 0.191 e. The van der Waals surface area contributed by atoms with Gasteiger partial charge in [-0.3, -0.25) is 4.99 Å². The van der Waals surface area contributed by atoms with Gasteiger partial charge in [-0.1, -0.05) is 11.6 Å². The molecule has 146 valence electrons. The van der Waals surface area contributed by atoms with Crippen LogP contribution in [-0.4, -0.2) is 44.2 Å². The average molecular weight is 408 g/mol. The van der Waals surface area contributed by atoms with Crippen molar-refractivity contribution in [3.8, 4) is 5.75 Å². The largest absolute Gasteiger partial charge is 0.495 e. The lowest BCUT2D eigenvalue weighted by atomic mass is 10.2. The summed E-state index contributed by atoms with van der Waals surface area (Å²) in [5.41, 5.74) is 2.13. The van der Waals surface area contributed by atoms with Crippen LogP contribution in [0.25, 0.3) is 0 Å². The number of anilines is 1. The van der Waals surface area contributed by atoms with Crippen LogP contribution in [0.3, 0.4) is 0 Å². The van der Waals surface area contributed by atoms with Gasteiger partial charge in [-0.05, 0) is 38.5 Å². The highest BCUT2D eigenvalue weighted by Crippen LogP contribution is 2.33. The normalized spacial score (nSPS) is 17.3. The number of rotatable bonds is 5. The van der Waals surface area contributed by atoms with Crippen molar-refractivity contribution < 1.29 is 4.74 Å². The summed E-state index contributed by atoms with van der Waals surface area (Å²) in [5.74, 6) is 1.64. The van der Waals surface area contributed by atoms with Crippen LogP contribution in [0.5, 0.6) is 5.75 Å². The smallest absolute Gasteiger partial charge is 0.191 e. The molecule has 1 atom stereocenters. The molecule has 0 aliphatic carbocycles. The van der Waals surface area contributed by atoms with E-state index in [0.29, 0.717) is 17.6 Å². The van der Waals surface area contributed by atoms with E-state index in [2.05, 4.69) is 32.4 Å². The fourth-order valence-corrected chi connectivity index (χ4v) is 4.21. The maximum absolute atomic E-state index is 6.18. The van der Waals surface area contributed by atoms with Crippen molar-refractivity contribution in [3.05, 3.63) is 38.8 Å². The van der Waals surface area contributed by atoms with Crippen molar-refractivity contribution in [1.82, 2.24) is 15.6 Å². The van der Waals surface area contributed by atoms with E-state index in [1.165, 1.54) is 4.88 Å². The zero-order chi connectivity index (χ0) is 19.4. The first-order chi connectivity index (χ1) is 13.0. The molecule has 1 saturated heterocycles. The summed E-state index contributed by atoms with van der Waals surface area (Å²) in [6, 6.07) is 6.03. The van der Waals surface area contributed by atoms with Crippen LogP contribution in [0.1, 0.15) is 22.0 Å². The Hall–Kier alpha value is -1.99. The van der Waals surface area contributed by atoms with Gasteiger partial charge in [0.25, 0.3) is 0 Å². The van der Waals surface area contributed by atoms with Crippen molar-refractivity contribution in [3.63, 3.8) is 0 Å². The molecule has 1 aromatic carbocycles. The molecule has 0 radical (unpaired) electrons. The van der Waals surface area contributed by atoms with E-state index in [0.717, 1.165) is 47.6 Å². The van der Waals surface area contributed by atoms with E-state index in [1.54, 1.807) is 25.5 Å². The first-order valence-electron chi connectivity index (χ1n) is 8.98. The maximum atomic E-state index is 6.18. The fourth-order valence-electron chi connectivity index (χ4n) is 3.17. The van der Waals surface area contributed by atoms with Crippen molar-refractivity contribution in [2.24, 2.45) is 4.99 Å². The molecular formula is C19H26ClN5OS. The second-order valence-corrected chi connectivity index (χ2v) is 8.29. The minimum atomic E-state index is 0.305. The minimum absolute atomic E-state index is 0.305. The summed E-state index contributed by atoms with van der Waals surface area (Å²) in [6.07, 6.45) is 1.02. The number of hydrogen-bond donors (Lipinski definition) is 2. The lowest BCUT2D eigenvalue weighted by Gasteiger charge is -2.22. The molecule has 1 aromatic heterocycles. The molecule has 0 saturated carbocycles. The van der Waals surface area contributed by atoms with Gasteiger partial charge in [0.2, 0.25) is 0 Å². The number of ether oxygens (including phenoxy) is 1. The minimum Gasteiger partial charge on any atom is -0.495 e. The molecule has 0 spiro atoms. The molecule has 2 N–H and O–H groups in total. The number of thiazole rings is 1. The van der Waals surface area contributed by atoms with Gasteiger partial charge in [-0.2, -0.15) is 0 Å². The molecule has 1 fully saturated rings. The number of methoxy groups -OCH3 is 1. The van der Waals surface area contributed by atoms with Crippen LogP contribution in [0.4, 0.5) is 5.69 Å². The monoisotopic (exact) mass is 407 g/mol. The Balaban J connectivity index is 1.57. The molecule has 1 aliphatic heterocycles. The number of nitrogens with one attached hydrogen (secondary N) is 2. The topological polar surface area (TPSA) is 61.8 Å². The summed E-state index contributed by atoms with van der Waals surface area (Å²) in [7, 11) is 3.48. The van der Waals surface area contributed by atoms with E-state index < -0.39 is 0 Å². The van der Waals surface area contributed by atoms with Crippen molar-refractivity contribution in [2.45, 2.75) is 32.9 Å². The molecule has 0 amide bonds. The summed E-state index contributed by atoms with van der Waals surface area (Å²) < 4.78 is 5.49. The highest BCUT2D eigenvalue weighted by atomic mass is 35.5. The number of aliphatic imine (C=N–C) groups is 1. The molecule has 8 heteroatoms. The van der Waals surface area contributed by atoms with Gasteiger partial charge in [-0.25, -0.2) is 4.98 Å². The highest BCUT2D eigenvalue weighted by molar-refractivity contribution is 7.11. The molecule has 1 unspecified atom stereocenters. The standard InChI is InChI=1S/C19H26ClN5OS/c1-12-13(2)27-18(23-12)10-22-19(21-3)24-15-7-8-25(11-15)16-9-14(20)5-6-17(16)26-4/h5-6,9,15H,7-8,10-11H2,1-4H3,(H2,21,22,24). The molecule has 6 nitrogen and oxygen atoms in total. The van der Waals surface area contributed by atoms with Crippen LogP contribution in [0.2, 0.25) is 5.02 Å². The first-order valence-corrected chi connectivity index (χ1v) is 10.2. The van der Waals surface area contributed by atoms with Gasteiger partial charge < -0.3 is 20.3 Å². The number of aryl methyl sites for hydroxylation is 2. The number of benzene rings is 1. The third kappa shape index (κ3) is 4.84. The van der Waals surface area contributed by atoms with E-state index in [4.69, 9.17) is 16.3 Å². The van der Waals surface area contributed by atoms with Crippen LogP contribution in [-0.2, 0) is 6.54 Å². The van der Waals surface area contributed by atoms with Gasteiger partial charge in [0.05, 0.1) is 25.0 Å². The van der Waals surface area contributed by atoms with Crippen molar-refractivity contribution >= 4 is 34.6 Å². The third-order valence-corrected chi connectivity index (χ3v) is 6.02. The predicted octanol–water partition coefficient (Wildman–Crippen LogP) is 3.37. The van der Waals surface area contributed by atoms with Gasteiger partial charge >= 0.3 is 0 Å². The quantitative estimate of drug-likeness (QED) is 0.587. The SMILES string of the molecule is CN=C(NCc1nc(C)c(C)s1)NC1CCN(c2cc(Cl)ccc2OC)C1. The van der Waals surface area contributed by atoms with Crippen molar-refractivity contribution in [2.75, 3.05) is 32.1 Å².